The summed E-state index contributed by atoms with van der Waals surface area (Å²) in [6.07, 6.45) is 4.87. The Labute approximate surface area is 113 Å². The molecule has 0 N–H and O–H groups in total. The predicted molar refractivity (Wildman–Crippen MR) is 71.9 cm³/mol. The molecule has 1 saturated carbocycles. The Kier molecular flexibility index (Phi) is 3.05. The minimum atomic E-state index is -0.562. The summed E-state index contributed by atoms with van der Waals surface area (Å²) in [5, 5.41) is 0. The van der Waals surface area contributed by atoms with Crippen LogP contribution in [0.3, 0.4) is 0 Å². The Bertz CT molecular complexity index is 482. The van der Waals surface area contributed by atoms with E-state index in [9.17, 15) is 4.79 Å². The summed E-state index contributed by atoms with van der Waals surface area (Å²) in [4.78, 5) is 11.6. The molecule has 0 amide bonds. The van der Waals surface area contributed by atoms with Gasteiger partial charge in [-0.1, -0.05) is 43.3 Å². The van der Waals surface area contributed by atoms with Crippen molar-refractivity contribution in [2.75, 3.05) is 0 Å². The fourth-order valence-corrected chi connectivity index (χ4v) is 3.45. The summed E-state index contributed by atoms with van der Waals surface area (Å²) in [5.74, 6) is 0.192. The van der Waals surface area contributed by atoms with Crippen molar-refractivity contribution in [1.82, 2.24) is 0 Å². The van der Waals surface area contributed by atoms with Crippen LogP contribution in [0.2, 0.25) is 0 Å². The van der Waals surface area contributed by atoms with Crippen molar-refractivity contribution >= 4 is 6.16 Å². The lowest BCUT2D eigenvalue weighted by atomic mass is 9.69. The van der Waals surface area contributed by atoms with E-state index >= 15 is 0 Å². The number of cyclic esters (lactones) is 1. The monoisotopic (exact) mass is 258 g/mol. The molecule has 1 aromatic carbocycles. The van der Waals surface area contributed by atoms with E-state index in [2.05, 4.69) is 18.7 Å². The number of hydrogen-bond donors (Lipinski definition) is 0. The maximum absolute atomic E-state index is 11.6. The van der Waals surface area contributed by atoms with Crippen molar-refractivity contribution in [3.63, 3.8) is 0 Å². The van der Waals surface area contributed by atoms with E-state index in [0.717, 1.165) is 25.7 Å². The highest BCUT2D eigenvalue weighted by molar-refractivity contribution is 5.64. The summed E-state index contributed by atoms with van der Waals surface area (Å²) in [7, 11) is 0. The Morgan fingerprint density at radius 3 is 2.79 bits per heavy atom. The van der Waals surface area contributed by atoms with Gasteiger partial charge in [-0.3, -0.25) is 0 Å². The molecule has 3 rings (SSSR count). The standard InChI is InChI=1S/C16H18O3/c1-2-14-16(19-15(17)18-14)11-7-6-10-13(16)12-8-4-3-5-9-12/h2-5,8-9,13-14H,1,6-7,10-11H2/t13-,14+,16+/m1/s1. The minimum Gasteiger partial charge on any atom is -0.423 e. The van der Waals surface area contributed by atoms with Crippen LogP contribution in [0.5, 0.6) is 0 Å². The van der Waals surface area contributed by atoms with Crippen LogP contribution in [0.1, 0.15) is 37.2 Å². The van der Waals surface area contributed by atoms with Crippen LogP contribution in [-0.4, -0.2) is 17.9 Å². The van der Waals surface area contributed by atoms with Crippen LogP contribution in [0.25, 0.3) is 0 Å². The van der Waals surface area contributed by atoms with Gasteiger partial charge >= 0.3 is 6.16 Å². The normalized spacial score (nSPS) is 33.8. The molecule has 3 nitrogen and oxygen atoms in total. The predicted octanol–water partition coefficient (Wildman–Crippen LogP) is 3.80. The first-order chi connectivity index (χ1) is 9.26. The van der Waals surface area contributed by atoms with Crippen LogP contribution in [0.4, 0.5) is 4.79 Å². The van der Waals surface area contributed by atoms with Crippen LogP contribution in [-0.2, 0) is 9.47 Å². The van der Waals surface area contributed by atoms with Gasteiger partial charge < -0.3 is 9.47 Å². The third kappa shape index (κ3) is 1.93. The molecule has 1 aromatic rings. The van der Waals surface area contributed by atoms with Gasteiger partial charge in [0.1, 0.15) is 0 Å². The van der Waals surface area contributed by atoms with Crippen LogP contribution in [0.15, 0.2) is 43.0 Å². The maximum Gasteiger partial charge on any atom is 0.509 e. The largest absolute Gasteiger partial charge is 0.509 e. The van der Waals surface area contributed by atoms with Crippen LogP contribution < -0.4 is 0 Å². The molecule has 0 radical (unpaired) electrons. The van der Waals surface area contributed by atoms with Crippen molar-refractivity contribution in [2.24, 2.45) is 0 Å². The van der Waals surface area contributed by atoms with Gasteiger partial charge in [0.05, 0.1) is 0 Å². The number of rotatable bonds is 2. The molecule has 0 bridgehead atoms. The number of carbonyl (C=O) groups is 1. The fourth-order valence-electron chi connectivity index (χ4n) is 3.45. The van der Waals surface area contributed by atoms with Crippen molar-refractivity contribution in [3.05, 3.63) is 48.6 Å². The molecule has 0 unspecified atom stereocenters. The topological polar surface area (TPSA) is 35.5 Å². The summed E-state index contributed by atoms with van der Waals surface area (Å²) in [6.45, 7) is 3.80. The molecule has 2 aliphatic rings. The third-order valence-corrected chi connectivity index (χ3v) is 4.29. The summed E-state index contributed by atoms with van der Waals surface area (Å²) < 4.78 is 10.9. The van der Waals surface area contributed by atoms with Crippen LogP contribution >= 0.6 is 0 Å². The van der Waals surface area contributed by atoms with Gasteiger partial charge in [-0.2, -0.15) is 0 Å². The van der Waals surface area contributed by atoms with E-state index in [4.69, 9.17) is 9.47 Å². The van der Waals surface area contributed by atoms with Gasteiger partial charge in [0.2, 0.25) is 0 Å². The van der Waals surface area contributed by atoms with Crippen molar-refractivity contribution in [1.29, 1.82) is 0 Å². The lowest BCUT2D eigenvalue weighted by Gasteiger charge is -2.40. The number of hydrogen-bond acceptors (Lipinski definition) is 3. The first-order valence-corrected chi connectivity index (χ1v) is 6.83. The molecule has 2 fully saturated rings. The average molecular weight is 258 g/mol. The third-order valence-electron chi connectivity index (χ3n) is 4.29. The van der Waals surface area contributed by atoms with Gasteiger partial charge in [-0.25, -0.2) is 4.79 Å². The van der Waals surface area contributed by atoms with E-state index in [0.29, 0.717) is 0 Å². The molecular weight excluding hydrogens is 240 g/mol. The van der Waals surface area contributed by atoms with Crippen molar-refractivity contribution in [3.8, 4) is 0 Å². The van der Waals surface area contributed by atoms with E-state index < -0.39 is 11.8 Å². The van der Waals surface area contributed by atoms with Gasteiger partial charge in [-0.05, 0) is 30.9 Å². The highest BCUT2D eigenvalue weighted by atomic mass is 16.8. The molecule has 19 heavy (non-hydrogen) atoms. The molecular formula is C16H18O3. The molecule has 1 spiro atoms. The van der Waals surface area contributed by atoms with E-state index in [1.165, 1.54) is 5.56 Å². The molecule has 0 aromatic heterocycles. The smallest absolute Gasteiger partial charge is 0.423 e. The minimum absolute atomic E-state index is 0.192. The second-order valence-electron chi connectivity index (χ2n) is 5.29. The first kappa shape index (κ1) is 12.3. The Balaban J connectivity index is 2.01. The highest BCUT2D eigenvalue weighted by Gasteiger charge is 2.56. The number of benzene rings is 1. The Hall–Kier alpha value is -1.77. The maximum atomic E-state index is 11.6. The second kappa shape index (κ2) is 4.72. The average Bonchev–Trinajstić information content (AvgIpc) is 2.76. The van der Waals surface area contributed by atoms with Crippen molar-refractivity contribution in [2.45, 2.75) is 43.3 Å². The van der Waals surface area contributed by atoms with Crippen molar-refractivity contribution < 1.29 is 14.3 Å². The SMILES string of the molecule is C=C[C@@H]1OC(=O)O[C@]12CCCC[C@@H]2c1ccccc1. The summed E-state index contributed by atoms with van der Waals surface area (Å²) >= 11 is 0. The number of ether oxygens (including phenoxy) is 2. The lowest BCUT2D eigenvalue weighted by molar-refractivity contribution is -0.0107. The molecule has 1 saturated heterocycles. The quantitative estimate of drug-likeness (QED) is 0.598. The molecule has 1 aliphatic heterocycles. The zero-order chi connectivity index (χ0) is 13.3. The first-order valence-electron chi connectivity index (χ1n) is 6.83. The van der Waals surface area contributed by atoms with E-state index in [1.807, 2.05) is 18.2 Å². The van der Waals surface area contributed by atoms with Gasteiger partial charge in [0.25, 0.3) is 0 Å². The summed E-state index contributed by atoms with van der Waals surface area (Å²) in [6, 6.07) is 10.3. The zero-order valence-corrected chi connectivity index (χ0v) is 10.9. The van der Waals surface area contributed by atoms with Gasteiger partial charge in [0, 0.05) is 5.92 Å². The fraction of sp³-hybridized carbons (Fsp3) is 0.438. The van der Waals surface area contributed by atoms with Gasteiger partial charge in [-0.15, -0.1) is 0 Å². The Morgan fingerprint density at radius 2 is 2.05 bits per heavy atom. The van der Waals surface area contributed by atoms with E-state index in [-0.39, 0.29) is 12.0 Å². The van der Waals surface area contributed by atoms with E-state index in [1.54, 1.807) is 6.08 Å². The molecule has 1 heterocycles. The highest BCUT2D eigenvalue weighted by Crippen LogP contribution is 2.49. The zero-order valence-electron chi connectivity index (χ0n) is 10.9. The summed E-state index contributed by atoms with van der Waals surface area (Å²) in [5.41, 5.74) is 0.658. The Morgan fingerprint density at radius 1 is 1.26 bits per heavy atom. The van der Waals surface area contributed by atoms with Gasteiger partial charge in [0.15, 0.2) is 11.7 Å². The second-order valence-corrected chi connectivity index (χ2v) is 5.29. The molecule has 1 aliphatic carbocycles. The molecule has 100 valence electrons. The lowest BCUT2D eigenvalue weighted by Crippen LogP contribution is -2.46. The molecule has 3 heteroatoms. The molecule has 3 atom stereocenters. The number of carbonyl (C=O) groups excluding carboxylic acids is 1. The van der Waals surface area contributed by atoms with Crippen LogP contribution in [0, 0.1) is 0 Å².